The van der Waals surface area contributed by atoms with Crippen molar-refractivity contribution in [3.8, 4) is 0 Å². The lowest BCUT2D eigenvalue weighted by molar-refractivity contribution is 0.608. The summed E-state index contributed by atoms with van der Waals surface area (Å²) in [7, 11) is 1.74. The first-order valence-corrected chi connectivity index (χ1v) is 7.66. The van der Waals surface area contributed by atoms with Crippen LogP contribution in [0.5, 0.6) is 0 Å². The first-order valence-electron chi connectivity index (χ1n) is 4.31. The average Bonchev–Trinajstić information content (AvgIpc) is 2.60. The smallest absolute Gasteiger partial charge is 0.232 e. The second-order valence-electron chi connectivity index (χ2n) is 3.19. The molecule has 0 atom stereocenters. The van der Waals surface area contributed by atoms with Crippen molar-refractivity contribution in [1.29, 1.82) is 0 Å². The van der Waals surface area contributed by atoms with E-state index in [9.17, 15) is 8.42 Å². The Labute approximate surface area is 95.9 Å². The van der Waals surface area contributed by atoms with Gasteiger partial charge in [-0.2, -0.15) is 0 Å². The van der Waals surface area contributed by atoms with Gasteiger partial charge in [-0.1, -0.05) is 0 Å². The highest BCUT2D eigenvalue weighted by Crippen LogP contribution is 2.17. The highest BCUT2D eigenvalue weighted by atomic mass is 35.7. The number of rotatable bonds is 3. The number of halogens is 1. The van der Waals surface area contributed by atoms with Gasteiger partial charge in [0.05, 0.1) is 11.4 Å². The van der Waals surface area contributed by atoms with Gasteiger partial charge in [-0.15, -0.1) is 11.3 Å². The topological polar surface area (TPSA) is 51.4 Å². The van der Waals surface area contributed by atoms with Crippen LogP contribution in [-0.4, -0.2) is 23.6 Å². The van der Waals surface area contributed by atoms with Crippen LogP contribution in [0.15, 0.2) is 11.6 Å². The van der Waals surface area contributed by atoms with Gasteiger partial charge < -0.3 is 0 Å². The van der Waals surface area contributed by atoms with Gasteiger partial charge in [-0.3, -0.25) is 4.40 Å². The van der Waals surface area contributed by atoms with Crippen LogP contribution in [0.4, 0.5) is 0 Å². The van der Waals surface area contributed by atoms with E-state index in [4.69, 9.17) is 10.7 Å². The molecule has 0 amide bonds. The van der Waals surface area contributed by atoms with Crippen molar-refractivity contribution in [3.05, 3.63) is 23.0 Å². The van der Waals surface area contributed by atoms with Gasteiger partial charge >= 0.3 is 0 Å². The van der Waals surface area contributed by atoms with Crippen LogP contribution in [0.3, 0.4) is 0 Å². The molecule has 0 aromatic carbocycles. The minimum absolute atomic E-state index is 0.0565. The van der Waals surface area contributed by atoms with E-state index in [1.54, 1.807) is 0 Å². The summed E-state index contributed by atoms with van der Waals surface area (Å²) >= 11 is 1.53. The van der Waals surface area contributed by atoms with Crippen molar-refractivity contribution in [3.63, 3.8) is 0 Å². The molecule has 0 unspecified atom stereocenters. The monoisotopic (exact) mass is 264 g/mol. The van der Waals surface area contributed by atoms with Crippen LogP contribution in [0.1, 0.15) is 11.4 Å². The summed E-state index contributed by atoms with van der Waals surface area (Å²) in [5, 5.41) is 1.92. The first kappa shape index (κ1) is 10.9. The predicted molar refractivity (Wildman–Crippen MR) is 61.1 cm³/mol. The molecule has 2 aromatic rings. The fraction of sp³-hybridized carbons (Fsp3) is 0.375. The zero-order valence-electron chi connectivity index (χ0n) is 7.97. The SMILES string of the molecule is Cc1nc2sccn2c1CCS(=O)(=O)Cl. The number of imidazole rings is 1. The number of hydrogen-bond donors (Lipinski definition) is 0. The van der Waals surface area contributed by atoms with Crippen LogP contribution in [0, 0.1) is 6.92 Å². The van der Waals surface area contributed by atoms with E-state index >= 15 is 0 Å². The Bertz CT molecular complexity index is 585. The maximum atomic E-state index is 10.9. The fourth-order valence-corrected chi connectivity index (χ4v) is 2.91. The van der Waals surface area contributed by atoms with Crippen molar-refractivity contribution >= 4 is 36.0 Å². The first-order chi connectivity index (χ1) is 6.97. The van der Waals surface area contributed by atoms with Crippen LogP contribution in [-0.2, 0) is 15.5 Å². The predicted octanol–water partition coefficient (Wildman–Crippen LogP) is 1.82. The summed E-state index contributed by atoms with van der Waals surface area (Å²) in [6, 6.07) is 0. The highest BCUT2D eigenvalue weighted by molar-refractivity contribution is 8.13. The second-order valence-corrected chi connectivity index (χ2v) is 6.96. The zero-order valence-corrected chi connectivity index (χ0v) is 10.4. The molecule has 0 saturated heterocycles. The van der Waals surface area contributed by atoms with Gasteiger partial charge in [-0.25, -0.2) is 13.4 Å². The molecule has 15 heavy (non-hydrogen) atoms. The lowest BCUT2D eigenvalue weighted by Gasteiger charge is -1.98. The molecular weight excluding hydrogens is 256 g/mol. The average molecular weight is 265 g/mol. The van der Waals surface area contributed by atoms with Crippen LogP contribution in [0.25, 0.3) is 4.96 Å². The maximum absolute atomic E-state index is 10.9. The zero-order chi connectivity index (χ0) is 11.1. The normalized spacial score (nSPS) is 12.4. The molecule has 7 heteroatoms. The standard InChI is InChI=1S/C8H9ClN2O2S2/c1-6-7(2-5-15(9,12)13)11-3-4-14-8(11)10-6/h3-4H,2,5H2,1H3. The third-order valence-corrected chi connectivity index (χ3v) is 4.06. The molecule has 82 valence electrons. The number of nitrogens with zero attached hydrogens (tertiary/aromatic N) is 2. The van der Waals surface area contributed by atoms with Crippen molar-refractivity contribution in [2.24, 2.45) is 0 Å². The van der Waals surface area contributed by atoms with Crippen LogP contribution >= 0.6 is 22.0 Å². The van der Waals surface area contributed by atoms with Crippen LogP contribution < -0.4 is 0 Å². The molecule has 2 aromatic heterocycles. The molecule has 2 rings (SSSR count). The highest BCUT2D eigenvalue weighted by Gasteiger charge is 2.12. The molecule has 2 heterocycles. The van der Waals surface area contributed by atoms with Gasteiger partial charge in [-0.05, 0) is 6.92 Å². The summed E-state index contributed by atoms with van der Waals surface area (Å²) in [5.41, 5.74) is 1.78. The molecule has 0 radical (unpaired) electrons. The van der Waals surface area contributed by atoms with Crippen molar-refractivity contribution < 1.29 is 8.42 Å². The molecule has 0 aliphatic carbocycles. The van der Waals surface area contributed by atoms with Crippen LogP contribution in [0.2, 0.25) is 0 Å². The van der Waals surface area contributed by atoms with Crippen molar-refractivity contribution in [2.45, 2.75) is 13.3 Å². The Hall–Kier alpha value is -0.590. The quantitative estimate of drug-likeness (QED) is 0.795. The Morgan fingerprint density at radius 1 is 1.60 bits per heavy atom. The second kappa shape index (κ2) is 3.77. The molecule has 0 bridgehead atoms. The Kier molecular flexibility index (Phi) is 2.74. The number of thiazole rings is 1. The molecule has 0 spiro atoms. The van der Waals surface area contributed by atoms with E-state index in [0.717, 1.165) is 16.3 Å². The van der Waals surface area contributed by atoms with Gasteiger partial charge in [0.1, 0.15) is 0 Å². The summed E-state index contributed by atoms with van der Waals surface area (Å²) in [5.74, 6) is -0.0565. The Balaban J connectivity index is 2.34. The number of aryl methyl sites for hydroxylation is 2. The molecular formula is C8H9ClN2O2S2. The summed E-state index contributed by atoms with van der Waals surface area (Å²) in [6.07, 6.45) is 2.28. The summed E-state index contributed by atoms with van der Waals surface area (Å²) in [6.45, 7) is 1.87. The Morgan fingerprint density at radius 3 is 3.00 bits per heavy atom. The van der Waals surface area contributed by atoms with Crippen molar-refractivity contribution in [2.75, 3.05) is 5.75 Å². The molecule has 0 aliphatic heterocycles. The molecule has 0 fully saturated rings. The van der Waals surface area contributed by atoms with E-state index in [-0.39, 0.29) is 5.75 Å². The molecule has 4 nitrogen and oxygen atoms in total. The summed E-state index contributed by atoms with van der Waals surface area (Å²) < 4.78 is 23.6. The van der Waals surface area contributed by atoms with E-state index in [1.165, 1.54) is 11.3 Å². The van der Waals surface area contributed by atoms with E-state index in [2.05, 4.69) is 4.98 Å². The van der Waals surface area contributed by atoms with Gasteiger partial charge in [0.25, 0.3) is 0 Å². The van der Waals surface area contributed by atoms with E-state index in [0.29, 0.717) is 6.42 Å². The van der Waals surface area contributed by atoms with Gasteiger partial charge in [0.2, 0.25) is 9.05 Å². The van der Waals surface area contributed by atoms with E-state index in [1.807, 2.05) is 22.9 Å². The lowest BCUT2D eigenvalue weighted by Crippen LogP contribution is -2.04. The van der Waals surface area contributed by atoms with Gasteiger partial charge in [0.15, 0.2) is 4.96 Å². The molecule has 0 aliphatic rings. The Morgan fingerprint density at radius 2 is 2.33 bits per heavy atom. The number of hydrogen-bond acceptors (Lipinski definition) is 4. The fourth-order valence-electron chi connectivity index (χ4n) is 1.46. The van der Waals surface area contributed by atoms with Crippen molar-refractivity contribution in [1.82, 2.24) is 9.38 Å². The largest absolute Gasteiger partial charge is 0.294 e. The van der Waals surface area contributed by atoms with Gasteiger partial charge in [0, 0.05) is 34.4 Å². The number of aromatic nitrogens is 2. The third-order valence-electron chi connectivity index (χ3n) is 2.14. The lowest BCUT2D eigenvalue weighted by atomic mass is 10.3. The maximum Gasteiger partial charge on any atom is 0.232 e. The minimum atomic E-state index is -3.43. The molecule has 0 saturated carbocycles. The van der Waals surface area contributed by atoms with E-state index < -0.39 is 9.05 Å². The number of fused-ring (bicyclic) bond motifs is 1. The summed E-state index contributed by atoms with van der Waals surface area (Å²) in [4.78, 5) is 5.20. The third kappa shape index (κ3) is 2.32. The minimum Gasteiger partial charge on any atom is -0.294 e. The molecule has 0 N–H and O–H groups in total.